The summed E-state index contributed by atoms with van der Waals surface area (Å²) in [5.41, 5.74) is 9.99. The SMILES string of the molecule is CC(O)C1C(=O)N2C(C(=O)O)=C(C=CCOc3cccc4c3-c3ccc(C[N+]56CC[N+](CC(N)=O)(CC5)CC6)cc3C4=O)[C@H](C)C12. The van der Waals surface area contributed by atoms with E-state index in [0.29, 0.717) is 29.0 Å². The predicted molar refractivity (Wildman–Crippen MR) is 167 cm³/mol. The van der Waals surface area contributed by atoms with Crippen LogP contribution in [-0.2, 0) is 20.9 Å². The molecule has 11 nitrogen and oxygen atoms in total. The maximum Gasteiger partial charge on any atom is 0.352 e. The van der Waals surface area contributed by atoms with Crippen molar-refractivity contribution in [2.45, 2.75) is 32.5 Å². The highest BCUT2D eigenvalue weighted by Crippen LogP contribution is 2.48. The first-order valence-corrected chi connectivity index (χ1v) is 16.0. The topological polar surface area (TPSA) is 147 Å². The number of quaternary nitrogens is 2. The normalized spacial score (nSPS) is 29.9. The zero-order chi connectivity index (χ0) is 32.5. The van der Waals surface area contributed by atoms with Crippen LogP contribution in [0.4, 0.5) is 0 Å². The predicted octanol–water partition coefficient (Wildman–Crippen LogP) is 1.68. The maximum atomic E-state index is 13.6. The standard InChI is InChI=1S/C35H38N4O7/c1-20-23(32(35(44)45)37-31(20)29(21(2)40)34(37)43)6-4-16-46-27-7-3-5-25-30(27)24-9-8-22(17-26(24)33(25)42)18-38-10-13-39(14-11-38,15-12-38)19-28(36)41/h3-9,17,20-21,29,31,40H,10-16,18-19H2,1-2H3,(H-2,36,41,44,45)/p+2/t20-,21?,29?,31?,38?,39?/m0/s1. The summed E-state index contributed by atoms with van der Waals surface area (Å²) in [7, 11) is 0. The van der Waals surface area contributed by atoms with Gasteiger partial charge in [0.05, 0.1) is 18.1 Å². The van der Waals surface area contributed by atoms with Gasteiger partial charge in [0.25, 0.3) is 5.91 Å². The molecule has 2 bridgehead atoms. The van der Waals surface area contributed by atoms with E-state index >= 15 is 0 Å². The summed E-state index contributed by atoms with van der Waals surface area (Å²) in [5.74, 6) is -2.11. The van der Waals surface area contributed by atoms with Gasteiger partial charge in [0, 0.05) is 28.2 Å². The molecule has 5 heterocycles. The molecule has 2 aromatic carbocycles. The number of aliphatic carboxylic acids is 1. The van der Waals surface area contributed by atoms with Gasteiger partial charge in [0.1, 0.15) is 63.9 Å². The fraction of sp³-hybridized carbons (Fsp3) is 0.429. The number of carbonyl (C=O) groups excluding carboxylic acids is 3. The summed E-state index contributed by atoms with van der Waals surface area (Å²) < 4.78 is 7.91. The molecule has 2 aromatic rings. The second-order valence-electron chi connectivity index (χ2n) is 13.8. The van der Waals surface area contributed by atoms with Gasteiger partial charge in [-0.05, 0) is 36.3 Å². The van der Waals surface area contributed by atoms with Gasteiger partial charge in [-0.25, -0.2) is 4.79 Å². The number of aliphatic hydroxyl groups is 1. The highest BCUT2D eigenvalue weighted by molar-refractivity contribution is 6.22. The minimum absolute atomic E-state index is 0.0276. The number of benzene rings is 2. The first-order chi connectivity index (χ1) is 21.9. The van der Waals surface area contributed by atoms with Crippen molar-refractivity contribution in [2.75, 3.05) is 52.4 Å². The number of nitrogens with two attached hydrogens (primary N) is 1. The van der Waals surface area contributed by atoms with Crippen LogP contribution < -0.4 is 10.5 Å². The smallest absolute Gasteiger partial charge is 0.352 e. The molecule has 0 spiro atoms. The molecule has 4 saturated heterocycles. The van der Waals surface area contributed by atoms with E-state index < -0.39 is 18.0 Å². The molecule has 0 radical (unpaired) electrons. The van der Waals surface area contributed by atoms with Crippen LogP contribution in [0.5, 0.6) is 5.75 Å². The van der Waals surface area contributed by atoms with Crippen molar-refractivity contribution in [3.05, 3.63) is 76.5 Å². The molecule has 0 saturated carbocycles. The number of hydrogen-bond acceptors (Lipinski definition) is 6. The molecule has 3 unspecified atom stereocenters. The minimum Gasteiger partial charge on any atom is -0.489 e. The lowest BCUT2D eigenvalue weighted by atomic mass is 9.78. The monoisotopic (exact) mass is 628 g/mol. The van der Waals surface area contributed by atoms with Crippen molar-refractivity contribution in [2.24, 2.45) is 17.6 Å². The lowest BCUT2D eigenvalue weighted by Crippen LogP contribution is -2.75. The van der Waals surface area contributed by atoms with Gasteiger partial charge < -0.3 is 34.5 Å². The Morgan fingerprint density at radius 3 is 2.39 bits per heavy atom. The van der Waals surface area contributed by atoms with Crippen molar-refractivity contribution in [3.63, 3.8) is 0 Å². The van der Waals surface area contributed by atoms with Crippen molar-refractivity contribution in [3.8, 4) is 16.9 Å². The van der Waals surface area contributed by atoms with Crippen LogP contribution in [0.15, 0.2) is 59.8 Å². The van der Waals surface area contributed by atoms with Crippen LogP contribution in [-0.4, -0.2) is 112 Å². The third kappa shape index (κ3) is 4.68. The third-order valence-electron chi connectivity index (χ3n) is 11.1. The molecule has 240 valence electrons. The van der Waals surface area contributed by atoms with E-state index in [1.54, 1.807) is 25.1 Å². The largest absolute Gasteiger partial charge is 0.489 e. The number of amides is 2. The number of fused-ring (bicyclic) bond motifs is 7. The van der Waals surface area contributed by atoms with Crippen LogP contribution in [0.3, 0.4) is 0 Å². The average molecular weight is 629 g/mol. The fourth-order valence-corrected chi connectivity index (χ4v) is 8.62. The zero-order valence-corrected chi connectivity index (χ0v) is 26.1. The summed E-state index contributed by atoms with van der Waals surface area (Å²) in [6, 6.07) is 11.2. The number of nitrogens with zero attached hydrogens (tertiary/aromatic N) is 3. The lowest BCUT2D eigenvalue weighted by Gasteiger charge is -2.55. The van der Waals surface area contributed by atoms with Crippen LogP contribution in [0, 0.1) is 11.8 Å². The van der Waals surface area contributed by atoms with Crippen LogP contribution >= 0.6 is 0 Å². The van der Waals surface area contributed by atoms with E-state index in [2.05, 4.69) is 6.07 Å². The van der Waals surface area contributed by atoms with E-state index in [1.807, 2.05) is 31.2 Å². The molecule has 6 aliphatic rings. The number of ketones is 1. The molecular weight excluding hydrogens is 588 g/mol. The minimum atomic E-state index is -1.18. The second-order valence-corrected chi connectivity index (χ2v) is 13.8. The zero-order valence-electron chi connectivity index (χ0n) is 26.1. The molecule has 4 N–H and O–H groups in total. The molecule has 4 atom stereocenters. The van der Waals surface area contributed by atoms with Gasteiger partial charge in [0.15, 0.2) is 12.3 Å². The number of allylic oxidation sites excluding steroid dienone is 1. The Hall–Kier alpha value is -4.32. The Labute approximate surface area is 267 Å². The summed E-state index contributed by atoms with van der Waals surface area (Å²) >= 11 is 0. The Morgan fingerprint density at radius 2 is 1.74 bits per heavy atom. The van der Waals surface area contributed by atoms with Crippen molar-refractivity contribution in [1.82, 2.24) is 4.90 Å². The Kier molecular flexibility index (Phi) is 7.18. The molecular formula is C35H40N4O7+2. The Bertz CT molecular complexity index is 1720. The van der Waals surface area contributed by atoms with Gasteiger partial charge in [-0.1, -0.05) is 37.3 Å². The Balaban J connectivity index is 1.07. The first kappa shape index (κ1) is 30.3. The van der Waals surface area contributed by atoms with E-state index in [1.165, 1.54) is 4.90 Å². The number of aliphatic hydroxyl groups excluding tert-OH is 1. The second kappa shape index (κ2) is 10.9. The van der Waals surface area contributed by atoms with E-state index in [9.17, 15) is 29.4 Å². The molecule has 1 aliphatic carbocycles. The van der Waals surface area contributed by atoms with Gasteiger partial charge in [0.2, 0.25) is 5.91 Å². The van der Waals surface area contributed by atoms with Crippen molar-refractivity contribution < 1.29 is 43.1 Å². The number of piperazine rings is 3. The highest BCUT2D eigenvalue weighted by Gasteiger charge is 2.59. The Morgan fingerprint density at radius 1 is 1.04 bits per heavy atom. The van der Waals surface area contributed by atoms with Crippen molar-refractivity contribution in [1.29, 1.82) is 0 Å². The van der Waals surface area contributed by atoms with Gasteiger partial charge in [-0.2, -0.15) is 0 Å². The molecule has 8 rings (SSSR count). The molecule has 2 amide bonds. The fourth-order valence-electron chi connectivity index (χ4n) is 8.62. The average Bonchev–Trinajstić information content (AvgIpc) is 3.44. The third-order valence-corrected chi connectivity index (χ3v) is 11.1. The summed E-state index contributed by atoms with van der Waals surface area (Å²) in [6.45, 7) is 10.6. The number of hydrogen-bond donors (Lipinski definition) is 3. The van der Waals surface area contributed by atoms with Gasteiger partial charge >= 0.3 is 5.97 Å². The number of primary amides is 1. The summed E-state index contributed by atoms with van der Waals surface area (Å²) in [6.07, 6.45) is 2.56. The van der Waals surface area contributed by atoms with Crippen molar-refractivity contribution >= 4 is 23.6 Å². The summed E-state index contributed by atoms with van der Waals surface area (Å²) in [5, 5.41) is 20.0. The summed E-state index contributed by atoms with van der Waals surface area (Å²) in [4.78, 5) is 51.2. The van der Waals surface area contributed by atoms with E-state index in [4.69, 9.17) is 10.5 Å². The van der Waals surface area contributed by atoms with Crippen LogP contribution in [0.1, 0.15) is 35.3 Å². The number of rotatable bonds is 10. The van der Waals surface area contributed by atoms with Gasteiger partial charge in [-0.3, -0.25) is 14.4 Å². The number of β-lactam (4-membered cyclic amide) rings is 1. The lowest BCUT2D eigenvalue weighted by molar-refractivity contribution is -1.08. The maximum absolute atomic E-state index is 13.6. The van der Waals surface area contributed by atoms with Crippen LogP contribution in [0.25, 0.3) is 11.1 Å². The molecule has 0 aromatic heterocycles. The molecule has 5 aliphatic heterocycles. The molecule has 46 heavy (non-hydrogen) atoms. The molecule has 11 heteroatoms. The first-order valence-electron chi connectivity index (χ1n) is 16.0. The quantitative estimate of drug-likeness (QED) is 0.229. The van der Waals surface area contributed by atoms with Crippen LogP contribution in [0.2, 0.25) is 0 Å². The van der Waals surface area contributed by atoms with Gasteiger partial charge in [-0.15, -0.1) is 0 Å². The number of carboxylic acid groups (broad SMARTS) is 1. The number of ether oxygens (including phenoxy) is 1. The number of carboxylic acids is 1. The van der Waals surface area contributed by atoms with E-state index in [-0.39, 0.29) is 41.9 Å². The molecule has 4 fully saturated rings. The van der Waals surface area contributed by atoms with E-state index in [0.717, 1.165) is 71.5 Å². The highest BCUT2D eigenvalue weighted by atomic mass is 16.5. The number of carbonyl (C=O) groups is 4.